The van der Waals surface area contributed by atoms with Gasteiger partial charge in [0, 0.05) is 21.5 Å². The number of hydrogen-bond donors (Lipinski definition) is 1. The summed E-state index contributed by atoms with van der Waals surface area (Å²) in [5.41, 5.74) is 7.44. The second-order valence-corrected chi connectivity index (χ2v) is 8.63. The molecular formula is C32H21N. The van der Waals surface area contributed by atoms with Crippen LogP contribution >= 0.6 is 0 Å². The Bertz CT molecular complexity index is 1660. The van der Waals surface area contributed by atoms with Crippen molar-refractivity contribution in [1.82, 2.24) is 4.98 Å². The van der Waals surface area contributed by atoms with E-state index in [0.717, 1.165) is 0 Å². The number of fused-ring (bicyclic) bond motifs is 7. The number of aromatic nitrogens is 1. The molecule has 0 bridgehead atoms. The predicted octanol–water partition coefficient (Wildman–Crippen LogP) is 8.96. The molecule has 33 heavy (non-hydrogen) atoms. The first kappa shape index (κ1) is 18.2. The first-order valence-electron chi connectivity index (χ1n) is 11.4. The Labute approximate surface area is 191 Å². The zero-order valence-corrected chi connectivity index (χ0v) is 18.0. The summed E-state index contributed by atoms with van der Waals surface area (Å²) in [6, 6.07) is 43.6. The Morgan fingerprint density at radius 1 is 0.303 bits per heavy atom. The predicted molar refractivity (Wildman–Crippen MR) is 142 cm³/mol. The molecule has 0 aliphatic rings. The van der Waals surface area contributed by atoms with Gasteiger partial charge in [-0.1, -0.05) is 121 Å². The van der Waals surface area contributed by atoms with E-state index in [4.69, 9.17) is 0 Å². The maximum Gasteiger partial charge on any atom is 0.0544 e. The molecule has 0 fully saturated rings. The zero-order chi connectivity index (χ0) is 21.8. The molecule has 7 rings (SSSR count). The highest BCUT2D eigenvalue weighted by atomic mass is 14.7. The SMILES string of the molecule is c1ccc(-c2cccc3c2ccc2c4ccc5c(-c6ccccc6)cccc5c4[nH]c32)cc1. The smallest absolute Gasteiger partial charge is 0.0544 e. The Hall–Kier alpha value is -4.36. The van der Waals surface area contributed by atoms with E-state index in [2.05, 4.69) is 126 Å². The van der Waals surface area contributed by atoms with Gasteiger partial charge in [0.2, 0.25) is 0 Å². The number of H-pyrrole nitrogens is 1. The third-order valence-corrected chi connectivity index (χ3v) is 6.83. The first-order chi connectivity index (χ1) is 16.4. The van der Waals surface area contributed by atoms with Gasteiger partial charge < -0.3 is 4.98 Å². The fourth-order valence-corrected chi connectivity index (χ4v) is 5.30. The molecule has 1 nitrogen and oxygen atoms in total. The lowest BCUT2D eigenvalue weighted by Crippen LogP contribution is -1.82. The molecule has 0 saturated carbocycles. The van der Waals surface area contributed by atoms with Crippen molar-refractivity contribution in [2.24, 2.45) is 0 Å². The maximum atomic E-state index is 3.82. The van der Waals surface area contributed by atoms with E-state index in [1.54, 1.807) is 0 Å². The van der Waals surface area contributed by atoms with Crippen LogP contribution in [0.1, 0.15) is 0 Å². The molecule has 0 saturated heterocycles. The van der Waals surface area contributed by atoms with Crippen LogP contribution in [0.15, 0.2) is 121 Å². The van der Waals surface area contributed by atoms with Crippen LogP contribution in [0, 0.1) is 0 Å². The van der Waals surface area contributed by atoms with Crippen molar-refractivity contribution in [2.75, 3.05) is 0 Å². The van der Waals surface area contributed by atoms with Crippen LogP contribution in [0.25, 0.3) is 65.6 Å². The number of nitrogens with one attached hydrogen (secondary N) is 1. The molecule has 0 aliphatic heterocycles. The minimum absolute atomic E-state index is 1.21. The van der Waals surface area contributed by atoms with Gasteiger partial charge in [0.1, 0.15) is 0 Å². The topological polar surface area (TPSA) is 15.8 Å². The van der Waals surface area contributed by atoms with E-state index in [9.17, 15) is 0 Å². The summed E-state index contributed by atoms with van der Waals surface area (Å²) in [7, 11) is 0. The molecule has 0 atom stereocenters. The average molecular weight is 420 g/mol. The van der Waals surface area contributed by atoms with Crippen molar-refractivity contribution in [3.05, 3.63) is 121 Å². The highest BCUT2D eigenvalue weighted by molar-refractivity contribution is 6.24. The minimum atomic E-state index is 1.21. The Balaban J connectivity index is 1.55. The van der Waals surface area contributed by atoms with E-state index >= 15 is 0 Å². The molecular weight excluding hydrogens is 398 g/mol. The van der Waals surface area contributed by atoms with Crippen molar-refractivity contribution in [3.63, 3.8) is 0 Å². The van der Waals surface area contributed by atoms with Crippen molar-refractivity contribution < 1.29 is 0 Å². The molecule has 0 amide bonds. The van der Waals surface area contributed by atoms with Gasteiger partial charge in [-0.15, -0.1) is 0 Å². The second kappa shape index (κ2) is 7.08. The summed E-state index contributed by atoms with van der Waals surface area (Å²) in [5.74, 6) is 0. The molecule has 7 aromatic rings. The molecule has 0 aliphatic carbocycles. The van der Waals surface area contributed by atoms with E-state index in [1.807, 2.05) is 0 Å². The summed E-state index contributed by atoms with van der Waals surface area (Å²) >= 11 is 0. The van der Waals surface area contributed by atoms with Crippen LogP contribution in [-0.2, 0) is 0 Å². The lowest BCUT2D eigenvalue weighted by molar-refractivity contribution is 1.58. The molecule has 0 radical (unpaired) electrons. The summed E-state index contributed by atoms with van der Waals surface area (Å²) in [4.78, 5) is 3.82. The van der Waals surface area contributed by atoms with Crippen LogP contribution in [0.5, 0.6) is 0 Å². The molecule has 1 heteroatoms. The fraction of sp³-hybridized carbons (Fsp3) is 0. The van der Waals surface area contributed by atoms with E-state index in [-0.39, 0.29) is 0 Å². The third kappa shape index (κ3) is 2.73. The van der Waals surface area contributed by atoms with Gasteiger partial charge in [-0.05, 0) is 33.0 Å². The fourth-order valence-electron chi connectivity index (χ4n) is 5.30. The quantitative estimate of drug-likeness (QED) is 0.288. The summed E-state index contributed by atoms with van der Waals surface area (Å²) in [6.07, 6.45) is 0. The van der Waals surface area contributed by atoms with Gasteiger partial charge in [-0.25, -0.2) is 0 Å². The van der Waals surface area contributed by atoms with Crippen LogP contribution in [-0.4, -0.2) is 4.98 Å². The molecule has 1 N–H and O–H groups in total. The number of rotatable bonds is 2. The molecule has 1 heterocycles. The van der Waals surface area contributed by atoms with Crippen molar-refractivity contribution in [1.29, 1.82) is 0 Å². The normalized spacial score (nSPS) is 11.6. The monoisotopic (exact) mass is 419 g/mol. The van der Waals surface area contributed by atoms with Gasteiger partial charge >= 0.3 is 0 Å². The lowest BCUT2D eigenvalue weighted by Gasteiger charge is -2.08. The highest BCUT2D eigenvalue weighted by Gasteiger charge is 2.13. The van der Waals surface area contributed by atoms with E-state index in [1.165, 1.54) is 65.6 Å². The van der Waals surface area contributed by atoms with Crippen LogP contribution in [0.3, 0.4) is 0 Å². The van der Waals surface area contributed by atoms with Crippen molar-refractivity contribution in [3.8, 4) is 22.3 Å². The molecule has 6 aromatic carbocycles. The summed E-state index contributed by atoms with van der Waals surface area (Å²) in [6.45, 7) is 0. The largest absolute Gasteiger partial charge is 0.353 e. The van der Waals surface area contributed by atoms with Gasteiger partial charge in [0.15, 0.2) is 0 Å². The average Bonchev–Trinajstić information content (AvgIpc) is 3.29. The first-order valence-corrected chi connectivity index (χ1v) is 11.4. The van der Waals surface area contributed by atoms with Gasteiger partial charge in [0.25, 0.3) is 0 Å². The van der Waals surface area contributed by atoms with Crippen molar-refractivity contribution >= 4 is 43.4 Å². The molecule has 0 unspecified atom stereocenters. The van der Waals surface area contributed by atoms with Crippen LogP contribution in [0.2, 0.25) is 0 Å². The molecule has 154 valence electrons. The molecule has 1 aromatic heterocycles. The maximum absolute atomic E-state index is 3.82. The van der Waals surface area contributed by atoms with Crippen LogP contribution < -0.4 is 0 Å². The zero-order valence-electron chi connectivity index (χ0n) is 18.0. The van der Waals surface area contributed by atoms with E-state index < -0.39 is 0 Å². The van der Waals surface area contributed by atoms with Crippen molar-refractivity contribution in [2.45, 2.75) is 0 Å². The van der Waals surface area contributed by atoms with Gasteiger partial charge in [-0.3, -0.25) is 0 Å². The number of aromatic amines is 1. The Morgan fingerprint density at radius 3 is 1.15 bits per heavy atom. The Morgan fingerprint density at radius 2 is 0.697 bits per heavy atom. The summed E-state index contributed by atoms with van der Waals surface area (Å²) < 4.78 is 0. The van der Waals surface area contributed by atoms with Gasteiger partial charge in [-0.2, -0.15) is 0 Å². The van der Waals surface area contributed by atoms with E-state index in [0.29, 0.717) is 0 Å². The standard InChI is InChI=1S/C32H21N/c1-3-9-21(10-4-1)23-13-7-15-27-25(23)17-19-29-30-20-18-26-24(22-11-5-2-6-12-22)14-8-16-28(26)32(30)33-31(27)29/h1-20,33H. The number of benzene rings is 6. The second-order valence-electron chi connectivity index (χ2n) is 8.63. The summed E-state index contributed by atoms with van der Waals surface area (Å²) in [5, 5.41) is 7.62. The third-order valence-electron chi connectivity index (χ3n) is 6.83. The molecule has 0 spiro atoms. The van der Waals surface area contributed by atoms with Gasteiger partial charge in [0.05, 0.1) is 11.0 Å². The minimum Gasteiger partial charge on any atom is -0.353 e. The lowest BCUT2D eigenvalue weighted by atomic mass is 9.95. The highest BCUT2D eigenvalue weighted by Crippen LogP contribution is 2.39. The number of hydrogen-bond acceptors (Lipinski definition) is 0. The van der Waals surface area contributed by atoms with Crippen LogP contribution in [0.4, 0.5) is 0 Å². The Kier molecular flexibility index (Phi) is 3.91.